The molecule has 6 heteroatoms. The van der Waals surface area contributed by atoms with Gasteiger partial charge in [0.15, 0.2) is 0 Å². The fourth-order valence-corrected chi connectivity index (χ4v) is 3.24. The summed E-state index contributed by atoms with van der Waals surface area (Å²) >= 11 is 0. The zero-order chi connectivity index (χ0) is 18.4. The maximum absolute atomic E-state index is 12.6. The summed E-state index contributed by atoms with van der Waals surface area (Å²) in [7, 11) is 1.56. The van der Waals surface area contributed by atoms with E-state index in [9.17, 15) is 9.59 Å². The molecule has 2 aromatic rings. The summed E-state index contributed by atoms with van der Waals surface area (Å²) in [5, 5.41) is 2.80. The molecule has 0 aliphatic carbocycles. The molecule has 1 unspecified atom stereocenters. The predicted octanol–water partition coefficient (Wildman–Crippen LogP) is 2.57. The molecule has 1 aliphatic rings. The number of pyridine rings is 1. The first kappa shape index (κ1) is 17.9. The zero-order valence-corrected chi connectivity index (χ0v) is 14.9. The number of nitrogens with one attached hydrogen (secondary N) is 1. The van der Waals surface area contributed by atoms with Crippen molar-refractivity contribution in [3.8, 4) is 5.75 Å². The van der Waals surface area contributed by atoms with E-state index in [2.05, 4.69) is 10.3 Å². The lowest BCUT2D eigenvalue weighted by atomic mass is 10.1. The van der Waals surface area contributed by atoms with Crippen molar-refractivity contribution in [2.45, 2.75) is 25.3 Å². The average molecular weight is 353 g/mol. The molecule has 0 bridgehead atoms. The van der Waals surface area contributed by atoms with E-state index < -0.39 is 0 Å². The molecule has 1 aliphatic heterocycles. The van der Waals surface area contributed by atoms with Crippen LogP contribution in [0.2, 0.25) is 0 Å². The van der Waals surface area contributed by atoms with Crippen LogP contribution < -0.4 is 10.1 Å². The third-order valence-corrected chi connectivity index (χ3v) is 4.56. The Kier molecular flexibility index (Phi) is 5.84. The van der Waals surface area contributed by atoms with Gasteiger partial charge in [-0.2, -0.15) is 0 Å². The quantitative estimate of drug-likeness (QED) is 0.866. The maximum atomic E-state index is 12.6. The van der Waals surface area contributed by atoms with Gasteiger partial charge in [0.05, 0.1) is 18.8 Å². The van der Waals surface area contributed by atoms with Crippen molar-refractivity contribution in [2.24, 2.45) is 0 Å². The van der Waals surface area contributed by atoms with E-state index in [4.69, 9.17) is 4.74 Å². The van der Waals surface area contributed by atoms with Gasteiger partial charge in [-0.05, 0) is 43.2 Å². The summed E-state index contributed by atoms with van der Waals surface area (Å²) < 4.78 is 5.12. The van der Waals surface area contributed by atoms with Gasteiger partial charge in [-0.3, -0.25) is 14.6 Å². The summed E-state index contributed by atoms with van der Waals surface area (Å²) in [6.07, 6.45) is 3.94. The van der Waals surface area contributed by atoms with Gasteiger partial charge in [0.25, 0.3) is 5.91 Å². The predicted molar refractivity (Wildman–Crippen MR) is 97.9 cm³/mol. The molecule has 0 saturated carbocycles. The Bertz CT molecular complexity index is 764. The minimum absolute atomic E-state index is 0.0396. The molecule has 0 spiro atoms. The Hall–Kier alpha value is -2.89. The van der Waals surface area contributed by atoms with E-state index in [0.717, 1.165) is 25.1 Å². The number of nitrogens with zero attached hydrogens (tertiary/aromatic N) is 2. The second-order valence-electron chi connectivity index (χ2n) is 6.24. The van der Waals surface area contributed by atoms with Crippen molar-refractivity contribution in [2.75, 3.05) is 20.2 Å². The number of amides is 2. The molecule has 2 amide bonds. The Morgan fingerprint density at radius 2 is 2.15 bits per heavy atom. The molecule has 1 N–H and O–H groups in total. The van der Waals surface area contributed by atoms with E-state index in [1.165, 1.54) is 0 Å². The first-order valence-corrected chi connectivity index (χ1v) is 8.81. The lowest BCUT2D eigenvalue weighted by molar-refractivity contribution is -0.132. The SMILES string of the molecule is COc1cccc(C(=O)NCCC(=O)N2CCCC2c2ccccn2)c1. The highest BCUT2D eigenvalue weighted by Gasteiger charge is 2.30. The summed E-state index contributed by atoms with van der Waals surface area (Å²) in [6.45, 7) is 1.05. The van der Waals surface area contributed by atoms with Crippen molar-refractivity contribution >= 4 is 11.8 Å². The van der Waals surface area contributed by atoms with Crippen LogP contribution in [-0.2, 0) is 4.79 Å². The van der Waals surface area contributed by atoms with Gasteiger partial charge in [-0.25, -0.2) is 0 Å². The van der Waals surface area contributed by atoms with Gasteiger partial charge < -0.3 is 15.0 Å². The Morgan fingerprint density at radius 3 is 2.92 bits per heavy atom. The molecule has 0 radical (unpaired) electrons. The molecule has 26 heavy (non-hydrogen) atoms. The summed E-state index contributed by atoms with van der Waals surface area (Å²) in [6, 6.07) is 12.8. The molecule has 6 nitrogen and oxygen atoms in total. The molecule has 1 aromatic carbocycles. The Balaban J connectivity index is 1.53. The van der Waals surface area contributed by atoms with Crippen LogP contribution in [0.1, 0.15) is 41.4 Å². The van der Waals surface area contributed by atoms with Crippen LogP contribution in [0.3, 0.4) is 0 Å². The number of hydrogen-bond acceptors (Lipinski definition) is 4. The average Bonchev–Trinajstić information content (AvgIpc) is 3.18. The Labute approximate surface area is 153 Å². The van der Waals surface area contributed by atoms with E-state index in [1.807, 2.05) is 23.1 Å². The number of methoxy groups -OCH3 is 1. The van der Waals surface area contributed by atoms with Crippen LogP contribution >= 0.6 is 0 Å². The molecule has 1 saturated heterocycles. The second kappa shape index (κ2) is 8.47. The van der Waals surface area contributed by atoms with Gasteiger partial charge in [0.1, 0.15) is 5.75 Å². The Morgan fingerprint density at radius 1 is 1.27 bits per heavy atom. The van der Waals surface area contributed by atoms with Crippen LogP contribution in [0.4, 0.5) is 0 Å². The van der Waals surface area contributed by atoms with Gasteiger partial charge >= 0.3 is 0 Å². The van der Waals surface area contributed by atoms with Crippen LogP contribution in [0.15, 0.2) is 48.7 Å². The normalized spacial score (nSPS) is 16.3. The number of benzene rings is 1. The standard InChI is InChI=1S/C20H23N3O3/c1-26-16-7-4-6-15(14-16)20(25)22-12-10-19(24)23-13-5-9-18(23)17-8-2-3-11-21-17/h2-4,6-8,11,14,18H,5,9-10,12-13H2,1H3,(H,22,25). The number of hydrogen-bond donors (Lipinski definition) is 1. The highest BCUT2D eigenvalue weighted by molar-refractivity contribution is 5.94. The molecule has 3 rings (SSSR count). The van der Waals surface area contributed by atoms with Crippen molar-refractivity contribution in [3.05, 3.63) is 59.9 Å². The number of likely N-dealkylation sites (tertiary alicyclic amines) is 1. The fraction of sp³-hybridized carbons (Fsp3) is 0.350. The highest BCUT2D eigenvalue weighted by Crippen LogP contribution is 2.30. The second-order valence-corrected chi connectivity index (χ2v) is 6.24. The summed E-state index contributed by atoms with van der Waals surface area (Å²) in [5.41, 5.74) is 1.45. The minimum Gasteiger partial charge on any atom is -0.497 e. The first-order chi connectivity index (χ1) is 12.7. The molecular weight excluding hydrogens is 330 g/mol. The third-order valence-electron chi connectivity index (χ3n) is 4.56. The fourth-order valence-electron chi connectivity index (χ4n) is 3.24. The first-order valence-electron chi connectivity index (χ1n) is 8.81. The number of carbonyl (C=O) groups is 2. The van der Waals surface area contributed by atoms with E-state index in [1.54, 1.807) is 37.6 Å². The number of carbonyl (C=O) groups excluding carboxylic acids is 2. The molecule has 2 heterocycles. The summed E-state index contributed by atoms with van der Waals surface area (Å²) in [5.74, 6) is 0.465. The highest BCUT2D eigenvalue weighted by atomic mass is 16.5. The zero-order valence-electron chi connectivity index (χ0n) is 14.9. The lowest BCUT2D eigenvalue weighted by Crippen LogP contribution is -2.34. The molecule has 1 atom stereocenters. The number of rotatable bonds is 6. The van der Waals surface area contributed by atoms with Gasteiger partial charge in [0.2, 0.25) is 5.91 Å². The van der Waals surface area contributed by atoms with Crippen molar-refractivity contribution in [1.29, 1.82) is 0 Å². The van der Waals surface area contributed by atoms with Crippen LogP contribution in [-0.4, -0.2) is 41.9 Å². The minimum atomic E-state index is -0.209. The molecule has 1 aromatic heterocycles. The molecular formula is C20H23N3O3. The van der Waals surface area contributed by atoms with E-state index in [-0.39, 0.29) is 24.3 Å². The van der Waals surface area contributed by atoms with Crippen molar-refractivity contribution < 1.29 is 14.3 Å². The molecule has 1 fully saturated rings. The van der Waals surface area contributed by atoms with Crippen LogP contribution in [0, 0.1) is 0 Å². The number of aromatic nitrogens is 1. The maximum Gasteiger partial charge on any atom is 0.251 e. The van der Waals surface area contributed by atoms with Crippen molar-refractivity contribution in [1.82, 2.24) is 15.2 Å². The van der Waals surface area contributed by atoms with Gasteiger partial charge in [-0.15, -0.1) is 0 Å². The molecule has 136 valence electrons. The largest absolute Gasteiger partial charge is 0.497 e. The number of ether oxygens (including phenoxy) is 1. The monoisotopic (exact) mass is 353 g/mol. The van der Waals surface area contributed by atoms with Gasteiger partial charge in [-0.1, -0.05) is 12.1 Å². The summed E-state index contributed by atoms with van der Waals surface area (Å²) in [4.78, 5) is 31.0. The third kappa shape index (κ3) is 4.20. The van der Waals surface area contributed by atoms with Crippen LogP contribution in [0.25, 0.3) is 0 Å². The van der Waals surface area contributed by atoms with Crippen molar-refractivity contribution in [3.63, 3.8) is 0 Å². The van der Waals surface area contributed by atoms with Crippen LogP contribution in [0.5, 0.6) is 5.75 Å². The smallest absolute Gasteiger partial charge is 0.251 e. The topological polar surface area (TPSA) is 71.5 Å². The van der Waals surface area contributed by atoms with E-state index in [0.29, 0.717) is 17.9 Å². The van der Waals surface area contributed by atoms with Gasteiger partial charge in [0, 0.05) is 31.3 Å². The van der Waals surface area contributed by atoms with E-state index >= 15 is 0 Å². The lowest BCUT2D eigenvalue weighted by Gasteiger charge is -2.24.